The van der Waals surface area contributed by atoms with Crippen molar-refractivity contribution in [2.24, 2.45) is 0 Å². The van der Waals surface area contributed by atoms with Gasteiger partial charge < -0.3 is 5.32 Å². The van der Waals surface area contributed by atoms with E-state index >= 15 is 0 Å². The molecule has 0 aliphatic rings. The molecule has 1 heterocycles. The van der Waals surface area contributed by atoms with Crippen LogP contribution in [0.4, 0.5) is 5.82 Å². The Balaban J connectivity index is 2.11. The van der Waals surface area contributed by atoms with E-state index in [2.05, 4.69) is 20.0 Å². The summed E-state index contributed by atoms with van der Waals surface area (Å²) in [6.45, 7) is 5.98. The molecule has 0 saturated carbocycles. The molecule has 0 amide bonds. The molecule has 0 spiro atoms. The minimum Gasteiger partial charge on any atom is -0.365 e. The highest BCUT2D eigenvalue weighted by Gasteiger charge is 2.15. The summed E-state index contributed by atoms with van der Waals surface area (Å²) in [5.41, 5.74) is 2.52. The van der Waals surface area contributed by atoms with Gasteiger partial charge in [-0.05, 0) is 31.9 Å². The first-order valence-corrected chi connectivity index (χ1v) is 9.10. The summed E-state index contributed by atoms with van der Waals surface area (Å²) in [5.74, 6) is 0.630. The van der Waals surface area contributed by atoms with Gasteiger partial charge in [-0.2, -0.15) is 0 Å². The van der Waals surface area contributed by atoms with Gasteiger partial charge in [-0.1, -0.05) is 24.3 Å². The molecule has 0 saturated heterocycles. The van der Waals surface area contributed by atoms with Crippen LogP contribution in [0.15, 0.2) is 36.7 Å². The summed E-state index contributed by atoms with van der Waals surface area (Å²) < 4.78 is 26.9. The van der Waals surface area contributed by atoms with E-state index in [0.717, 1.165) is 16.8 Å². The Hall–Kier alpha value is -1.99. The molecule has 2 rings (SSSR count). The lowest BCUT2D eigenvalue weighted by Crippen LogP contribution is -2.31. The molecular weight excluding hydrogens is 312 g/mol. The number of hydrogen-bond donors (Lipinski definition) is 2. The Labute approximate surface area is 137 Å². The molecule has 1 aromatic heterocycles. The zero-order valence-corrected chi connectivity index (χ0v) is 14.4. The molecule has 0 aliphatic carbocycles. The van der Waals surface area contributed by atoms with Crippen molar-refractivity contribution in [3.8, 4) is 0 Å². The summed E-state index contributed by atoms with van der Waals surface area (Å²) in [7, 11) is -3.35. The molecule has 1 aromatic carbocycles. The second-order valence-corrected chi connectivity index (χ2v) is 7.45. The van der Waals surface area contributed by atoms with Crippen LogP contribution in [0.1, 0.15) is 30.7 Å². The molecule has 23 heavy (non-hydrogen) atoms. The van der Waals surface area contributed by atoms with Crippen LogP contribution >= 0.6 is 0 Å². The van der Waals surface area contributed by atoms with Crippen LogP contribution in [0.3, 0.4) is 0 Å². The maximum atomic E-state index is 12.1. The molecule has 0 atom stereocenters. The lowest BCUT2D eigenvalue weighted by Gasteiger charge is -2.13. The standard InChI is InChI=1S/C16H22N4O2S/c1-12(2)20-23(21,22)11-15-7-5-4-6-14(15)9-18-16-10-17-8-13(3)19-16/h4-8,10,12,20H,9,11H2,1-3H3,(H,18,19). The molecule has 2 aromatic rings. The largest absolute Gasteiger partial charge is 0.365 e. The Morgan fingerprint density at radius 1 is 1.13 bits per heavy atom. The van der Waals surface area contributed by atoms with Crippen molar-refractivity contribution in [2.75, 3.05) is 5.32 Å². The maximum absolute atomic E-state index is 12.1. The average Bonchev–Trinajstić information content (AvgIpc) is 2.44. The van der Waals surface area contributed by atoms with E-state index in [-0.39, 0.29) is 11.8 Å². The minimum absolute atomic E-state index is 0.0392. The van der Waals surface area contributed by atoms with Crippen LogP contribution in [-0.4, -0.2) is 24.4 Å². The van der Waals surface area contributed by atoms with Crippen LogP contribution in [0.5, 0.6) is 0 Å². The van der Waals surface area contributed by atoms with Crippen molar-refractivity contribution in [1.82, 2.24) is 14.7 Å². The summed E-state index contributed by atoms with van der Waals surface area (Å²) in [4.78, 5) is 8.41. The third-order valence-corrected chi connectivity index (χ3v) is 4.62. The van der Waals surface area contributed by atoms with E-state index in [1.807, 2.05) is 31.2 Å². The molecule has 0 bridgehead atoms. The number of aromatic nitrogens is 2. The second-order valence-electron chi connectivity index (χ2n) is 5.70. The normalized spacial score (nSPS) is 11.7. The molecular formula is C16H22N4O2S. The van der Waals surface area contributed by atoms with Gasteiger partial charge in [-0.3, -0.25) is 4.98 Å². The molecule has 7 heteroatoms. The first-order chi connectivity index (χ1) is 10.9. The number of rotatable bonds is 7. The number of nitrogens with zero attached hydrogens (tertiary/aromatic N) is 2. The highest BCUT2D eigenvalue weighted by atomic mass is 32.2. The fourth-order valence-electron chi connectivity index (χ4n) is 2.21. The van der Waals surface area contributed by atoms with Gasteiger partial charge in [0.25, 0.3) is 0 Å². The zero-order valence-electron chi connectivity index (χ0n) is 13.6. The smallest absolute Gasteiger partial charge is 0.216 e. The van der Waals surface area contributed by atoms with Gasteiger partial charge in [0.05, 0.1) is 17.6 Å². The predicted octanol–water partition coefficient (Wildman–Crippen LogP) is 2.22. The van der Waals surface area contributed by atoms with Gasteiger partial charge in [-0.25, -0.2) is 18.1 Å². The number of sulfonamides is 1. The third kappa shape index (κ3) is 5.61. The van der Waals surface area contributed by atoms with Gasteiger partial charge in [0.2, 0.25) is 10.0 Å². The number of aryl methyl sites for hydroxylation is 1. The SMILES string of the molecule is Cc1cncc(NCc2ccccc2CS(=O)(=O)NC(C)C)n1. The number of nitrogens with one attached hydrogen (secondary N) is 2. The maximum Gasteiger partial charge on any atom is 0.216 e. The van der Waals surface area contributed by atoms with Crippen LogP contribution in [0, 0.1) is 6.92 Å². The molecule has 6 nitrogen and oxygen atoms in total. The van der Waals surface area contributed by atoms with Crippen molar-refractivity contribution < 1.29 is 8.42 Å². The molecule has 0 fully saturated rings. The first-order valence-electron chi connectivity index (χ1n) is 7.45. The van der Waals surface area contributed by atoms with Crippen LogP contribution < -0.4 is 10.0 Å². The summed E-state index contributed by atoms with van der Waals surface area (Å²) in [6.07, 6.45) is 3.33. The lowest BCUT2D eigenvalue weighted by molar-refractivity contribution is 0.569. The van der Waals surface area contributed by atoms with Crippen molar-refractivity contribution >= 4 is 15.8 Å². The average molecular weight is 334 g/mol. The number of benzene rings is 1. The minimum atomic E-state index is -3.35. The van der Waals surface area contributed by atoms with E-state index in [0.29, 0.717) is 12.4 Å². The molecule has 124 valence electrons. The van der Waals surface area contributed by atoms with E-state index in [4.69, 9.17) is 0 Å². The summed E-state index contributed by atoms with van der Waals surface area (Å²) in [5, 5.41) is 3.18. The van der Waals surface area contributed by atoms with Gasteiger partial charge in [0.15, 0.2) is 0 Å². The van der Waals surface area contributed by atoms with E-state index in [1.165, 1.54) is 0 Å². The predicted molar refractivity (Wildman–Crippen MR) is 91.4 cm³/mol. The molecule has 0 radical (unpaired) electrons. The zero-order chi connectivity index (χ0) is 16.9. The Morgan fingerprint density at radius 3 is 2.48 bits per heavy atom. The van der Waals surface area contributed by atoms with Crippen molar-refractivity contribution in [3.05, 3.63) is 53.5 Å². The topological polar surface area (TPSA) is 84.0 Å². The second kappa shape index (κ2) is 7.52. The van der Waals surface area contributed by atoms with Crippen LogP contribution in [-0.2, 0) is 22.3 Å². The van der Waals surface area contributed by atoms with Crippen molar-refractivity contribution in [1.29, 1.82) is 0 Å². The van der Waals surface area contributed by atoms with Gasteiger partial charge in [0, 0.05) is 18.8 Å². The fraction of sp³-hybridized carbons (Fsp3) is 0.375. The van der Waals surface area contributed by atoms with Gasteiger partial charge in [0.1, 0.15) is 5.82 Å². The Bertz CT molecular complexity index is 760. The quantitative estimate of drug-likeness (QED) is 0.811. The summed E-state index contributed by atoms with van der Waals surface area (Å²) in [6, 6.07) is 7.36. The van der Waals surface area contributed by atoms with Crippen LogP contribution in [0.25, 0.3) is 0 Å². The first kappa shape index (κ1) is 17.4. The van der Waals surface area contributed by atoms with E-state index < -0.39 is 10.0 Å². The fourth-order valence-corrected chi connectivity index (χ4v) is 3.70. The summed E-state index contributed by atoms with van der Waals surface area (Å²) >= 11 is 0. The van der Waals surface area contributed by atoms with E-state index in [1.54, 1.807) is 26.2 Å². The molecule has 0 aliphatic heterocycles. The van der Waals surface area contributed by atoms with Gasteiger partial charge in [-0.15, -0.1) is 0 Å². The monoisotopic (exact) mass is 334 g/mol. The molecule has 0 unspecified atom stereocenters. The number of hydrogen-bond acceptors (Lipinski definition) is 5. The highest BCUT2D eigenvalue weighted by molar-refractivity contribution is 7.88. The third-order valence-electron chi connectivity index (χ3n) is 3.09. The van der Waals surface area contributed by atoms with Crippen molar-refractivity contribution in [2.45, 2.75) is 39.1 Å². The highest BCUT2D eigenvalue weighted by Crippen LogP contribution is 2.14. The number of anilines is 1. The Morgan fingerprint density at radius 2 is 1.83 bits per heavy atom. The van der Waals surface area contributed by atoms with Crippen molar-refractivity contribution in [3.63, 3.8) is 0 Å². The Kier molecular flexibility index (Phi) is 5.68. The lowest BCUT2D eigenvalue weighted by atomic mass is 10.1. The van der Waals surface area contributed by atoms with Crippen LogP contribution in [0.2, 0.25) is 0 Å². The van der Waals surface area contributed by atoms with E-state index in [9.17, 15) is 8.42 Å². The molecule has 2 N–H and O–H groups in total. The van der Waals surface area contributed by atoms with Gasteiger partial charge >= 0.3 is 0 Å².